The first-order valence-corrected chi connectivity index (χ1v) is 12.0. The summed E-state index contributed by atoms with van der Waals surface area (Å²) in [4.78, 5) is 56.8. The Labute approximate surface area is 203 Å². The van der Waals surface area contributed by atoms with E-state index in [1.165, 1.54) is 4.57 Å². The molecule has 0 atom stereocenters. The lowest BCUT2D eigenvalue weighted by molar-refractivity contribution is -0.116. The topological polar surface area (TPSA) is 128 Å². The molecule has 3 rings (SSSR count). The fraction of sp³-hybridized carbons (Fsp3) is 0.480. The number of ether oxygens (including phenoxy) is 1. The van der Waals surface area contributed by atoms with Crippen LogP contribution in [0.2, 0.25) is 0 Å². The highest BCUT2D eigenvalue weighted by Gasteiger charge is 2.20. The van der Waals surface area contributed by atoms with Gasteiger partial charge in [-0.05, 0) is 37.5 Å². The monoisotopic (exact) mass is 483 g/mol. The van der Waals surface area contributed by atoms with Crippen molar-refractivity contribution in [3.05, 3.63) is 56.5 Å². The van der Waals surface area contributed by atoms with Gasteiger partial charge in [0.15, 0.2) is 11.2 Å². The number of carbonyl (C=O) groups is 2. The van der Waals surface area contributed by atoms with Crippen LogP contribution in [0.5, 0.6) is 0 Å². The number of anilines is 1. The number of imidazole rings is 1. The van der Waals surface area contributed by atoms with E-state index in [-0.39, 0.29) is 31.3 Å². The molecule has 0 aliphatic heterocycles. The molecule has 0 saturated heterocycles. The fourth-order valence-electron chi connectivity index (χ4n) is 3.88. The Morgan fingerprint density at radius 1 is 1.17 bits per heavy atom. The van der Waals surface area contributed by atoms with Gasteiger partial charge in [0.25, 0.3) is 5.56 Å². The molecular formula is C25H33N5O5. The molecule has 0 fully saturated rings. The minimum absolute atomic E-state index is 0.113. The number of nitrogens with one attached hydrogen (secondary N) is 2. The van der Waals surface area contributed by atoms with E-state index in [2.05, 4.69) is 15.3 Å². The second kappa shape index (κ2) is 11.6. The summed E-state index contributed by atoms with van der Waals surface area (Å²) in [6.07, 6.45) is 2.07. The molecule has 0 unspecified atom stereocenters. The number of H-pyrrole nitrogens is 1. The summed E-state index contributed by atoms with van der Waals surface area (Å²) >= 11 is 0. The minimum atomic E-state index is -0.476. The molecule has 2 aromatic heterocycles. The number of nitrogens with zero attached hydrogens (tertiary/aromatic N) is 3. The zero-order valence-electron chi connectivity index (χ0n) is 20.7. The summed E-state index contributed by atoms with van der Waals surface area (Å²) in [7, 11) is 0. The Morgan fingerprint density at radius 2 is 1.94 bits per heavy atom. The Hall–Kier alpha value is -3.69. The van der Waals surface area contributed by atoms with Crippen molar-refractivity contribution in [2.75, 3.05) is 11.9 Å². The van der Waals surface area contributed by atoms with Crippen molar-refractivity contribution >= 4 is 28.7 Å². The number of carbonyl (C=O) groups excluding carboxylic acids is 2. The lowest BCUT2D eigenvalue weighted by Crippen LogP contribution is -2.31. The molecule has 0 spiro atoms. The number of esters is 1. The summed E-state index contributed by atoms with van der Waals surface area (Å²) in [5, 5.41) is 2.80. The number of rotatable bonds is 11. The molecule has 1 aromatic carbocycles. The number of amides is 1. The zero-order chi connectivity index (χ0) is 25.5. The maximum atomic E-state index is 12.7. The summed E-state index contributed by atoms with van der Waals surface area (Å²) in [6, 6.07) is 6.56. The van der Waals surface area contributed by atoms with Gasteiger partial charge in [-0.1, -0.05) is 33.3 Å². The van der Waals surface area contributed by atoms with Crippen LogP contribution in [0.4, 0.5) is 5.69 Å². The van der Waals surface area contributed by atoms with E-state index >= 15 is 0 Å². The Balaban J connectivity index is 1.85. The first-order chi connectivity index (χ1) is 16.7. The molecule has 0 aliphatic rings. The Kier molecular flexibility index (Phi) is 8.62. The second-order valence-corrected chi connectivity index (χ2v) is 8.82. The van der Waals surface area contributed by atoms with Gasteiger partial charge in [0.2, 0.25) is 5.91 Å². The SMILES string of the molecule is CCCCn1c(=O)[nH]c(=O)c2c1nc(CCC(=O)Nc1cccc(C(=O)OCC)c1)n2CC(C)C. The molecule has 3 aromatic rings. The molecule has 0 radical (unpaired) electrons. The van der Waals surface area contributed by atoms with Gasteiger partial charge in [-0.15, -0.1) is 0 Å². The maximum absolute atomic E-state index is 12.7. The van der Waals surface area contributed by atoms with Gasteiger partial charge in [0, 0.05) is 31.6 Å². The van der Waals surface area contributed by atoms with Crippen molar-refractivity contribution in [1.82, 2.24) is 19.1 Å². The first kappa shape index (κ1) is 25.9. The molecular weight excluding hydrogens is 450 g/mol. The standard InChI is InChI=1S/C25H33N5O5/c1-5-7-13-29-22-21(23(32)28-25(29)34)30(15-16(3)4)19(27-22)11-12-20(31)26-18-10-8-9-17(14-18)24(33)35-6-2/h8-10,14,16H,5-7,11-13,15H2,1-4H3,(H,26,31)(H,28,32,34). The third-order valence-corrected chi connectivity index (χ3v) is 5.48. The number of fused-ring (bicyclic) bond motifs is 1. The van der Waals surface area contributed by atoms with Gasteiger partial charge in [0.1, 0.15) is 5.82 Å². The van der Waals surface area contributed by atoms with Crippen molar-refractivity contribution in [1.29, 1.82) is 0 Å². The lowest BCUT2D eigenvalue weighted by atomic mass is 10.2. The minimum Gasteiger partial charge on any atom is -0.462 e. The van der Waals surface area contributed by atoms with Crippen molar-refractivity contribution in [2.45, 2.75) is 66.5 Å². The number of aromatic nitrogens is 4. The molecule has 0 bridgehead atoms. The van der Waals surface area contributed by atoms with Gasteiger partial charge >= 0.3 is 11.7 Å². The zero-order valence-corrected chi connectivity index (χ0v) is 20.7. The molecule has 1 amide bonds. The second-order valence-electron chi connectivity index (χ2n) is 8.82. The van der Waals surface area contributed by atoms with Gasteiger partial charge in [-0.2, -0.15) is 0 Å². The molecule has 2 N–H and O–H groups in total. The summed E-state index contributed by atoms with van der Waals surface area (Å²) < 4.78 is 8.32. The highest BCUT2D eigenvalue weighted by Crippen LogP contribution is 2.17. The summed E-state index contributed by atoms with van der Waals surface area (Å²) in [5.41, 5.74) is 0.597. The number of aryl methyl sites for hydroxylation is 2. The van der Waals surface area contributed by atoms with E-state index in [0.717, 1.165) is 12.8 Å². The van der Waals surface area contributed by atoms with Crippen LogP contribution in [0, 0.1) is 5.92 Å². The highest BCUT2D eigenvalue weighted by molar-refractivity contribution is 5.94. The van der Waals surface area contributed by atoms with E-state index in [1.807, 2.05) is 25.3 Å². The average molecular weight is 484 g/mol. The predicted octanol–water partition coefficient (Wildman–Crippen LogP) is 3.09. The van der Waals surface area contributed by atoms with Crippen LogP contribution in [-0.4, -0.2) is 37.6 Å². The number of hydrogen-bond acceptors (Lipinski definition) is 6. The van der Waals surface area contributed by atoms with Gasteiger partial charge in [0.05, 0.1) is 12.2 Å². The molecule has 0 saturated carbocycles. The van der Waals surface area contributed by atoms with Crippen LogP contribution in [0.1, 0.15) is 63.1 Å². The normalized spacial score (nSPS) is 11.2. The smallest absolute Gasteiger partial charge is 0.338 e. The van der Waals surface area contributed by atoms with Crippen LogP contribution >= 0.6 is 0 Å². The number of unbranched alkanes of at least 4 members (excludes halogenated alkanes) is 1. The largest absolute Gasteiger partial charge is 0.462 e. The summed E-state index contributed by atoms with van der Waals surface area (Å²) in [5.74, 6) is 0.0864. The first-order valence-electron chi connectivity index (χ1n) is 12.0. The summed E-state index contributed by atoms with van der Waals surface area (Å²) in [6.45, 7) is 9.06. The third kappa shape index (κ3) is 6.26. The van der Waals surface area contributed by atoms with Crippen molar-refractivity contribution < 1.29 is 14.3 Å². The van der Waals surface area contributed by atoms with Crippen LogP contribution in [0.25, 0.3) is 11.2 Å². The molecule has 10 heteroatoms. The Morgan fingerprint density at radius 3 is 2.63 bits per heavy atom. The quantitative estimate of drug-likeness (QED) is 0.403. The van der Waals surface area contributed by atoms with E-state index in [0.29, 0.717) is 41.3 Å². The maximum Gasteiger partial charge on any atom is 0.338 e. The van der Waals surface area contributed by atoms with Crippen LogP contribution < -0.4 is 16.6 Å². The number of aromatic amines is 1. The van der Waals surface area contributed by atoms with Crippen LogP contribution in [0.15, 0.2) is 33.9 Å². The van der Waals surface area contributed by atoms with Crippen molar-refractivity contribution in [3.8, 4) is 0 Å². The number of hydrogen-bond donors (Lipinski definition) is 2. The molecule has 35 heavy (non-hydrogen) atoms. The van der Waals surface area contributed by atoms with E-state index < -0.39 is 17.2 Å². The third-order valence-electron chi connectivity index (χ3n) is 5.48. The Bertz CT molecular complexity index is 1320. The van der Waals surface area contributed by atoms with Crippen LogP contribution in [0.3, 0.4) is 0 Å². The van der Waals surface area contributed by atoms with E-state index in [9.17, 15) is 19.2 Å². The number of benzene rings is 1. The molecule has 10 nitrogen and oxygen atoms in total. The molecule has 188 valence electrons. The van der Waals surface area contributed by atoms with Crippen molar-refractivity contribution in [3.63, 3.8) is 0 Å². The van der Waals surface area contributed by atoms with E-state index in [4.69, 9.17) is 4.74 Å². The highest BCUT2D eigenvalue weighted by atomic mass is 16.5. The molecule has 0 aliphatic carbocycles. The van der Waals surface area contributed by atoms with Crippen LogP contribution in [-0.2, 0) is 29.0 Å². The predicted molar refractivity (Wildman–Crippen MR) is 134 cm³/mol. The van der Waals surface area contributed by atoms with Gasteiger partial charge in [-0.3, -0.25) is 19.1 Å². The van der Waals surface area contributed by atoms with Crippen molar-refractivity contribution in [2.24, 2.45) is 5.92 Å². The van der Waals surface area contributed by atoms with Gasteiger partial charge in [-0.25, -0.2) is 14.6 Å². The van der Waals surface area contributed by atoms with E-state index in [1.54, 1.807) is 31.2 Å². The average Bonchev–Trinajstić information content (AvgIpc) is 3.15. The fourth-order valence-corrected chi connectivity index (χ4v) is 3.88. The van der Waals surface area contributed by atoms with Gasteiger partial charge < -0.3 is 14.6 Å². The lowest BCUT2D eigenvalue weighted by Gasteiger charge is -2.12. The molecule has 2 heterocycles.